The summed E-state index contributed by atoms with van der Waals surface area (Å²) in [6, 6.07) is -0.259. The zero-order chi connectivity index (χ0) is 9.78. The molecule has 72 valence electrons. The van der Waals surface area contributed by atoms with Gasteiger partial charge in [0.1, 0.15) is 0 Å². The predicted octanol–water partition coefficient (Wildman–Crippen LogP) is 0.596. The van der Waals surface area contributed by atoms with Crippen LogP contribution in [0.2, 0.25) is 0 Å². The Bertz CT molecular complexity index is 147. The molecule has 0 rings (SSSR count). The van der Waals surface area contributed by atoms with Crippen LogP contribution in [-0.4, -0.2) is 18.6 Å². The summed E-state index contributed by atoms with van der Waals surface area (Å²) in [5, 5.41) is 0. The lowest BCUT2D eigenvalue weighted by atomic mass is 9.93. The van der Waals surface area contributed by atoms with Crippen LogP contribution in [0.4, 0.5) is 0 Å². The van der Waals surface area contributed by atoms with E-state index in [0.29, 0.717) is 6.61 Å². The van der Waals surface area contributed by atoms with Gasteiger partial charge in [0.05, 0.1) is 6.61 Å². The van der Waals surface area contributed by atoms with Crippen molar-refractivity contribution >= 4 is 5.97 Å². The summed E-state index contributed by atoms with van der Waals surface area (Å²) in [6.07, 6.45) is 0.894. The summed E-state index contributed by atoms with van der Waals surface area (Å²) in [7, 11) is 0. The maximum atomic E-state index is 10.9. The van der Waals surface area contributed by atoms with Gasteiger partial charge in [0.15, 0.2) is 6.04 Å². The second-order valence-corrected chi connectivity index (χ2v) is 4.38. The van der Waals surface area contributed by atoms with Crippen LogP contribution in [-0.2, 0) is 9.53 Å². The molecule has 0 aromatic heterocycles. The lowest BCUT2D eigenvalue weighted by molar-refractivity contribution is -0.402. The minimum atomic E-state index is -0.259. The summed E-state index contributed by atoms with van der Waals surface area (Å²) in [6.45, 7) is 8.60. The van der Waals surface area contributed by atoms with Crippen molar-refractivity contribution in [1.82, 2.24) is 0 Å². The maximum absolute atomic E-state index is 10.9. The third-order valence-corrected chi connectivity index (χ3v) is 1.50. The molecule has 0 bridgehead atoms. The van der Waals surface area contributed by atoms with Gasteiger partial charge < -0.3 is 10.5 Å². The summed E-state index contributed by atoms with van der Waals surface area (Å²) >= 11 is 0. The number of carbonyl (C=O) groups excluding carboxylic acids is 1. The zero-order valence-corrected chi connectivity index (χ0v) is 8.52. The van der Waals surface area contributed by atoms with E-state index in [4.69, 9.17) is 4.74 Å². The highest BCUT2D eigenvalue weighted by Gasteiger charge is 2.15. The highest BCUT2D eigenvalue weighted by atomic mass is 16.5. The third kappa shape index (κ3) is 6.16. The van der Waals surface area contributed by atoms with Gasteiger partial charge in [0.2, 0.25) is 0 Å². The van der Waals surface area contributed by atoms with Crippen molar-refractivity contribution in [2.45, 2.75) is 40.2 Å². The van der Waals surface area contributed by atoms with Crippen LogP contribution >= 0.6 is 0 Å². The molecule has 0 radical (unpaired) electrons. The lowest BCUT2D eigenvalue weighted by Gasteiger charge is -2.17. The molecule has 0 aromatic rings. The SMILES string of the molecule is C[C@H]([NH3+])C(=O)OCCC(C)(C)C. The fourth-order valence-corrected chi connectivity index (χ4v) is 0.600. The number of quaternary nitrogens is 1. The maximum Gasteiger partial charge on any atom is 0.364 e. The Morgan fingerprint density at radius 2 is 2.00 bits per heavy atom. The van der Waals surface area contributed by atoms with Gasteiger partial charge in [-0.3, -0.25) is 0 Å². The van der Waals surface area contributed by atoms with E-state index >= 15 is 0 Å². The molecule has 0 unspecified atom stereocenters. The van der Waals surface area contributed by atoms with E-state index in [2.05, 4.69) is 26.5 Å². The molecule has 0 amide bonds. The van der Waals surface area contributed by atoms with Crippen molar-refractivity contribution in [1.29, 1.82) is 0 Å². The van der Waals surface area contributed by atoms with Crippen molar-refractivity contribution in [3.05, 3.63) is 0 Å². The summed E-state index contributed by atoms with van der Waals surface area (Å²) < 4.78 is 4.98. The molecule has 0 saturated heterocycles. The Labute approximate surface area is 74.3 Å². The molecule has 3 nitrogen and oxygen atoms in total. The molecule has 0 aliphatic rings. The molecule has 0 fully saturated rings. The molecule has 0 aliphatic heterocycles. The van der Waals surface area contributed by atoms with Gasteiger partial charge in [-0.2, -0.15) is 0 Å². The van der Waals surface area contributed by atoms with Crippen LogP contribution in [0.5, 0.6) is 0 Å². The molecule has 1 atom stereocenters. The van der Waals surface area contributed by atoms with Crippen molar-refractivity contribution < 1.29 is 15.3 Å². The van der Waals surface area contributed by atoms with Crippen LogP contribution in [0, 0.1) is 5.41 Å². The number of esters is 1. The Hall–Kier alpha value is -0.570. The molecule has 0 heterocycles. The van der Waals surface area contributed by atoms with Gasteiger partial charge in [-0.15, -0.1) is 0 Å². The molecule has 3 N–H and O–H groups in total. The Kier molecular flexibility index (Phi) is 4.24. The summed E-state index contributed by atoms with van der Waals surface area (Å²) in [5.41, 5.74) is 3.81. The molecular formula is C9H20NO2+. The first-order chi connectivity index (χ1) is 5.33. The van der Waals surface area contributed by atoms with Gasteiger partial charge in [-0.25, -0.2) is 4.79 Å². The largest absolute Gasteiger partial charge is 0.461 e. The Balaban J connectivity index is 3.51. The minimum Gasteiger partial charge on any atom is -0.461 e. The molecule has 0 saturated carbocycles. The van der Waals surface area contributed by atoms with Gasteiger partial charge >= 0.3 is 5.97 Å². The van der Waals surface area contributed by atoms with Gasteiger partial charge in [-0.1, -0.05) is 20.8 Å². The molecule has 0 aromatic carbocycles. The highest BCUT2D eigenvalue weighted by molar-refractivity contribution is 5.73. The minimum absolute atomic E-state index is 0.209. The second kappa shape index (κ2) is 4.45. The second-order valence-electron chi connectivity index (χ2n) is 4.38. The third-order valence-electron chi connectivity index (χ3n) is 1.50. The molecule has 12 heavy (non-hydrogen) atoms. The predicted molar refractivity (Wildman–Crippen MR) is 47.4 cm³/mol. The number of hydrogen-bond donors (Lipinski definition) is 1. The van der Waals surface area contributed by atoms with Crippen molar-refractivity contribution in [3.8, 4) is 0 Å². The average molecular weight is 174 g/mol. The van der Waals surface area contributed by atoms with E-state index in [9.17, 15) is 4.79 Å². The van der Waals surface area contributed by atoms with Gasteiger partial charge in [-0.05, 0) is 18.8 Å². The number of carbonyl (C=O) groups is 1. The van der Waals surface area contributed by atoms with Crippen molar-refractivity contribution in [2.24, 2.45) is 5.41 Å². The van der Waals surface area contributed by atoms with Crippen molar-refractivity contribution in [3.63, 3.8) is 0 Å². The highest BCUT2D eigenvalue weighted by Crippen LogP contribution is 2.17. The van der Waals surface area contributed by atoms with Gasteiger partial charge in [0, 0.05) is 0 Å². The van der Waals surface area contributed by atoms with E-state index < -0.39 is 0 Å². The average Bonchev–Trinajstić information content (AvgIpc) is 1.84. The van der Waals surface area contributed by atoms with Crippen molar-refractivity contribution in [2.75, 3.05) is 6.61 Å². The first-order valence-electron chi connectivity index (χ1n) is 4.32. The van der Waals surface area contributed by atoms with E-state index in [-0.39, 0.29) is 17.4 Å². The van der Waals surface area contributed by atoms with E-state index in [1.54, 1.807) is 6.92 Å². The van der Waals surface area contributed by atoms with Crippen LogP contribution in [0.3, 0.4) is 0 Å². The summed E-state index contributed by atoms with van der Waals surface area (Å²) in [5.74, 6) is -0.209. The molecule has 0 aliphatic carbocycles. The fraction of sp³-hybridized carbons (Fsp3) is 0.889. The first kappa shape index (κ1) is 11.4. The normalized spacial score (nSPS) is 14.1. The quantitative estimate of drug-likeness (QED) is 0.637. The first-order valence-corrected chi connectivity index (χ1v) is 4.32. The fourth-order valence-electron chi connectivity index (χ4n) is 0.600. The van der Waals surface area contributed by atoms with Crippen LogP contribution in [0.15, 0.2) is 0 Å². The standard InChI is InChI=1S/C9H19NO2/c1-7(10)8(11)12-6-5-9(2,3)4/h7H,5-6,10H2,1-4H3/p+1/t7-/m0/s1. The number of hydrogen-bond acceptors (Lipinski definition) is 2. The van der Waals surface area contributed by atoms with Crippen LogP contribution in [0.1, 0.15) is 34.1 Å². The monoisotopic (exact) mass is 174 g/mol. The van der Waals surface area contributed by atoms with E-state index in [0.717, 1.165) is 6.42 Å². The summed E-state index contributed by atoms with van der Waals surface area (Å²) in [4.78, 5) is 10.9. The Morgan fingerprint density at radius 1 is 1.50 bits per heavy atom. The molecular weight excluding hydrogens is 154 g/mol. The van der Waals surface area contributed by atoms with E-state index in [1.165, 1.54) is 0 Å². The zero-order valence-electron chi connectivity index (χ0n) is 8.52. The molecule has 0 spiro atoms. The lowest BCUT2D eigenvalue weighted by Crippen LogP contribution is -2.63. The number of ether oxygens (including phenoxy) is 1. The van der Waals surface area contributed by atoms with E-state index in [1.807, 2.05) is 0 Å². The smallest absolute Gasteiger partial charge is 0.364 e. The van der Waals surface area contributed by atoms with Crippen LogP contribution in [0.25, 0.3) is 0 Å². The Morgan fingerprint density at radius 3 is 2.33 bits per heavy atom. The van der Waals surface area contributed by atoms with Crippen LogP contribution < -0.4 is 5.73 Å². The topological polar surface area (TPSA) is 53.9 Å². The van der Waals surface area contributed by atoms with Gasteiger partial charge in [0.25, 0.3) is 0 Å². The molecule has 3 heteroatoms. The number of rotatable bonds is 3.